The van der Waals surface area contributed by atoms with Gasteiger partial charge >= 0.3 is 0 Å². The molecule has 1 aliphatic heterocycles. The molecule has 0 spiro atoms. The molecule has 0 radical (unpaired) electrons. The van der Waals surface area contributed by atoms with Gasteiger partial charge in [-0.15, -0.1) is 0 Å². The van der Waals surface area contributed by atoms with E-state index >= 15 is 0 Å². The molecule has 4 rings (SSSR count). The lowest BCUT2D eigenvalue weighted by molar-refractivity contribution is -0.117. The Morgan fingerprint density at radius 1 is 1.24 bits per heavy atom. The molecule has 1 aromatic carbocycles. The fraction of sp³-hybridized carbons (Fsp3) is 0.238. The van der Waals surface area contributed by atoms with Gasteiger partial charge in [-0.05, 0) is 25.5 Å². The van der Waals surface area contributed by atoms with Crippen LogP contribution < -0.4 is 15.5 Å². The normalized spacial score (nSPS) is 13.1. The molecule has 29 heavy (non-hydrogen) atoms. The Morgan fingerprint density at radius 3 is 2.69 bits per heavy atom. The lowest BCUT2D eigenvalue weighted by atomic mass is 10.1. The second kappa shape index (κ2) is 7.38. The zero-order valence-corrected chi connectivity index (χ0v) is 16.6. The van der Waals surface area contributed by atoms with E-state index < -0.39 is 0 Å². The number of hydrogen-bond acceptors (Lipinski definition) is 5. The van der Waals surface area contributed by atoms with E-state index in [4.69, 9.17) is 0 Å². The first-order valence-corrected chi connectivity index (χ1v) is 9.34. The molecule has 2 aromatic heterocycles. The summed E-state index contributed by atoms with van der Waals surface area (Å²) >= 11 is 0. The van der Waals surface area contributed by atoms with Gasteiger partial charge in [0.05, 0.1) is 41.4 Å². The molecule has 0 atom stereocenters. The van der Waals surface area contributed by atoms with E-state index in [9.17, 15) is 9.59 Å². The maximum Gasteiger partial charge on any atom is 0.257 e. The monoisotopic (exact) mass is 390 g/mol. The average molecular weight is 390 g/mol. The number of rotatable bonds is 4. The maximum atomic E-state index is 12.8. The van der Waals surface area contributed by atoms with Crippen LogP contribution in [-0.2, 0) is 18.4 Å². The van der Waals surface area contributed by atoms with Crippen molar-refractivity contribution in [2.45, 2.75) is 20.4 Å². The number of amides is 2. The van der Waals surface area contributed by atoms with Crippen molar-refractivity contribution in [3.63, 3.8) is 0 Å². The third-order valence-electron chi connectivity index (χ3n) is 5.06. The Balaban J connectivity index is 1.64. The number of benzene rings is 1. The van der Waals surface area contributed by atoms with Gasteiger partial charge in [0, 0.05) is 13.2 Å². The lowest BCUT2D eigenvalue weighted by Gasteiger charge is -2.29. The molecule has 8 nitrogen and oxygen atoms in total. The van der Waals surface area contributed by atoms with Gasteiger partial charge in [0.2, 0.25) is 5.91 Å². The fourth-order valence-corrected chi connectivity index (χ4v) is 3.39. The van der Waals surface area contributed by atoms with Crippen LogP contribution in [0.2, 0.25) is 0 Å². The lowest BCUT2D eigenvalue weighted by Crippen LogP contribution is -2.40. The Hall–Kier alpha value is -3.68. The number of nitrogens with one attached hydrogen (secondary N) is 2. The largest absolute Gasteiger partial charge is 0.359 e. The molecule has 0 fully saturated rings. The minimum absolute atomic E-state index is 0.0698. The molecular formula is C21H22N6O2. The highest BCUT2D eigenvalue weighted by molar-refractivity contribution is 6.08. The standard InChI is InChI=1S/C21H22N6O2/c1-13-19(14(2)26(3)25-13)24-21(29)16-9-17-20(22-10-16)23-11-18(28)27(17)12-15-7-5-4-6-8-15/h4-10H,11-12H2,1-3H3,(H,22,23)(H,24,29). The first-order valence-electron chi connectivity index (χ1n) is 9.34. The molecule has 3 aromatic rings. The minimum atomic E-state index is -0.294. The summed E-state index contributed by atoms with van der Waals surface area (Å²) in [7, 11) is 1.83. The van der Waals surface area contributed by atoms with Crippen molar-refractivity contribution in [1.82, 2.24) is 14.8 Å². The third kappa shape index (κ3) is 3.56. The number of carbonyl (C=O) groups is 2. The van der Waals surface area contributed by atoms with Crippen LogP contribution in [0.4, 0.5) is 17.2 Å². The Morgan fingerprint density at radius 2 is 2.00 bits per heavy atom. The Bertz CT molecular complexity index is 1090. The van der Waals surface area contributed by atoms with Gasteiger partial charge in [-0.2, -0.15) is 5.10 Å². The molecule has 0 unspecified atom stereocenters. The molecule has 0 bridgehead atoms. The highest BCUT2D eigenvalue weighted by atomic mass is 16.2. The molecule has 2 N–H and O–H groups in total. The topological polar surface area (TPSA) is 92.2 Å². The van der Waals surface area contributed by atoms with E-state index in [0.717, 1.165) is 17.0 Å². The van der Waals surface area contributed by atoms with Gasteiger partial charge < -0.3 is 15.5 Å². The van der Waals surface area contributed by atoms with Gasteiger partial charge in [0.1, 0.15) is 0 Å². The summed E-state index contributed by atoms with van der Waals surface area (Å²) in [5.74, 6) is 0.225. The number of hydrogen-bond donors (Lipinski definition) is 2. The molecule has 0 aliphatic carbocycles. The number of aromatic nitrogens is 3. The van der Waals surface area contributed by atoms with Crippen LogP contribution in [0.1, 0.15) is 27.3 Å². The number of fused-ring (bicyclic) bond motifs is 1. The zero-order chi connectivity index (χ0) is 20.5. The molecule has 0 saturated heterocycles. The van der Waals surface area contributed by atoms with Crippen molar-refractivity contribution >= 4 is 29.0 Å². The second-order valence-corrected chi connectivity index (χ2v) is 7.03. The highest BCUT2D eigenvalue weighted by Crippen LogP contribution is 2.30. The number of carbonyl (C=O) groups excluding carboxylic acids is 2. The minimum Gasteiger partial charge on any atom is -0.359 e. The van der Waals surface area contributed by atoms with E-state index in [1.54, 1.807) is 15.6 Å². The van der Waals surface area contributed by atoms with E-state index in [1.807, 2.05) is 51.2 Å². The van der Waals surface area contributed by atoms with Crippen LogP contribution >= 0.6 is 0 Å². The molecular weight excluding hydrogens is 368 g/mol. The summed E-state index contributed by atoms with van der Waals surface area (Å²) in [6.07, 6.45) is 1.51. The van der Waals surface area contributed by atoms with Crippen LogP contribution in [0.15, 0.2) is 42.6 Å². The molecule has 2 amide bonds. The van der Waals surface area contributed by atoms with Gasteiger partial charge in [-0.3, -0.25) is 14.3 Å². The van der Waals surface area contributed by atoms with Crippen LogP contribution in [0.25, 0.3) is 0 Å². The Labute approximate surface area is 168 Å². The van der Waals surface area contributed by atoms with Crippen LogP contribution in [0.5, 0.6) is 0 Å². The van der Waals surface area contributed by atoms with E-state index in [0.29, 0.717) is 29.3 Å². The predicted octanol–water partition coefficient (Wildman–Crippen LogP) is 2.64. The Kier molecular flexibility index (Phi) is 4.75. The van der Waals surface area contributed by atoms with Crippen molar-refractivity contribution < 1.29 is 9.59 Å². The first kappa shape index (κ1) is 18.7. The summed E-state index contributed by atoms with van der Waals surface area (Å²) in [6, 6.07) is 11.4. The van der Waals surface area contributed by atoms with Crippen molar-refractivity contribution in [2.75, 3.05) is 22.1 Å². The summed E-state index contributed by atoms with van der Waals surface area (Å²) < 4.78 is 1.72. The first-order chi connectivity index (χ1) is 13.9. The van der Waals surface area contributed by atoms with Crippen LogP contribution in [0.3, 0.4) is 0 Å². The maximum absolute atomic E-state index is 12.8. The van der Waals surface area contributed by atoms with Crippen LogP contribution in [0, 0.1) is 13.8 Å². The number of aryl methyl sites for hydroxylation is 2. The van der Waals surface area contributed by atoms with Crippen molar-refractivity contribution in [3.05, 3.63) is 65.1 Å². The van der Waals surface area contributed by atoms with Crippen molar-refractivity contribution in [1.29, 1.82) is 0 Å². The average Bonchev–Trinajstić information content (AvgIpc) is 2.96. The SMILES string of the molecule is Cc1nn(C)c(C)c1NC(=O)c1cnc2c(c1)N(Cc1ccccc1)C(=O)CN2. The van der Waals surface area contributed by atoms with Crippen molar-refractivity contribution in [2.24, 2.45) is 7.05 Å². The predicted molar refractivity (Wildman–Crippen MR) is 111 cm³/mol. The highest BCUT2D eigenvalue weighted by Gasteiger charge is 2.26. The molecule has 3 heterocycles. The number of anilines is 3. The second-order valence-electron chi connectivity index (χ2n) is 7.03. The van der Waals surface area contributed by atoms with Crippen molar-refractivity contribution in [3.8, 4) is 0 Å². The van der Waals surface area contributed by atoms with E-state index in [-0.39, 0.29) is 18.4 Å². The van der Waals surface area contributed by atoms with Gasteiger partial charge in [-0.25, -0.2) is 4.98 Å². The summed E-state index contributed by atoms with van der Waals surface area (Å²) in [5.41, 5.74) is 4.27. The smallest absolute Gasteiger partial charge is 0.257 e. The summed E-state index contributed by atoms with van der Waals surface area (Å²) in [4.78, 5) is 31.4. The fourth-order valence-electron chi connectivity index (χ4n) is 3.39. The van der Waals surface area contributed by atoms with E-state index in [1.165, 1.54) is 6.20 Å². The zero-order valence-electron chi connectivity index (χ0n) is 16.6. The number of nitrogens with zero attached hydrogens (tertiary/aromatic N) is 4. The molecule has 8 heteroatoms. The van der Waals surface area contributed by atoms with Gasteiger partial charge in [0.25, 0.3) is 5.91 Å². The third-order valence-corrected chi connectivity index (χ3v) is 5.06. The molecule has 148 valence electrons. The molecule has 1 aliphatic rings. The quantitative estimate of drug-likeness (QED) is 0.715. The van der Waals surface area contributed by atoms with Crippen LogP contribution in [-0.4, -0.2) is 33.1 Å². The van der Waals surface area contributed by atoms with E-state index in [2.05, 4.69) is 20.7 Å². The summed E-state index contributed by atoms with van der Waals surface area (Å²) in [5, 5.41) is 10.3. The molecule has 0 saturated carbocycles. The summed E-state index contributed by atoms with van der Waals surface area (Å²) in [6.45, 7) is 4.33. The number of pyridine rings is 1. The van der Waals surface area contributed by atoms with Gasteiger partial charge in [-0.1, -0.05) is 30.3 Å². The van der Waals surface area contributed by atoms with Gasteiger partial charge in [0.15, 0.2) is 5.82 Å².